The van der Waals surface area contributed by atoms with Crippen LogP contribution < -0.4 is 4.74 Å². The van der Waals surface area contributed by atoms with Gasteiger partial charge in [-0.15, -0.1) is 0 Å². The third-order valence-electron chi connectivity index (χ3n) is 4.28. The Kier molecular flexibility index (Phi) is 10.5. The fourth-order valence-corrected chi connectivity index (χ4v) is 5.01. The Morgan fingerprint density at radius 2 is 1.60 bits per heavy atom. The van der Waals surface area contributed by atoms with Crippen molar-refractivity contribution >= 4 is 46.2 Å². The van der Waals surface area contributed by atoms with Crippen LogP contribution in [0.2, 0.25) is 0 Å². The summed E-state index contributed by atoms with van der Waals surface area (Å²) in [6, 6.07) is 11.8. The van der Waals surface area contributed by atoms with Gasteiger partial charge in [-0.1, -0.05) is 45.9 Å². The smallest absolute Gasteiger partial charge is 0.474 e. The maximum absolute atomic E-state index is 12.4. The van der Waals surface area contributed by atoms with Crippen molar-refractivity contribution in [1.82, 2.24) is 0 Å². The van der Waals surface area contributed by atoms with Crippen LogP contribution in [0.1, 0.15) is 18.4 Å². The standard InChI is InChI=1S/C20H27O7PS2/c1-15(16-5-6-18-14-19(23-2)8-7-17(18)13-16)20(21)26-9-11-29-30-12-10-27-28(22,24-3)25-4/h5-8,13-15H,9-12H2,1-4H3. The molecule has 2 aromatic carbocycles. The molecule has 0 heterocycles. The average Bonchev–Trinajstić information content (AvgIpc) is 2.79. The first-order valence-electron chi connectivity index (χ1n) is 9.27. The molecule has 0 spiro atoms. The second kappa shape index (κ2) is 12.6. The zero-order valence-corrected chi connectivity index (χ0v) is 20.0. The minimum atomic E-state index is -3.41. The van der Waals surface area contributed by atoms with E-state index >= 15 is 0 Å². The predicted octanol–water partition coefficient (Wildman–Crippen LogP) is 5.29. The molecule has 0 radical (unpaired) electrons. The maximum Gasteiger partial charge on any atom is 0.474 e. The average molecular weight is 475 g/mol. The fourth-order valence-electron chi connectivity index (χ4n) is 2.56. The molecular formula is C20H27O7PS2. The number of hydrogen-bond acceptors (Lipinski definition) is 9. The summed E-state index contributed by atoms with van der Waals surface area (Å²) in [4.78, 5) is 12.4. The van der Waals surface area contributed by atoms with Gasteiger partial charge >= 0.3 is 13.8 Å². The minimum Gasteiger partial charge on any atom is -0.497 e. The monoisotopic (exact) mass is 474 g/mol. The van der Waals surface area contributed by atoms with Crippen molar-refractivity contribution < 1.29 is 32.4 Å². The van der Waals surface area contributed by atoms with Crippen LogP contribution in [0, 0.1) is 0 Å². The molecule has 1 unspecified atom stereocenters. The number of rotatable bonds is 13. The molecular weight excluding hydrogens is 447 g/mol. The number of esters is 1. The number of carbonyl (C=O) groups is 1. The summed E-state index contributed by atoms with van der Waals surface area (Å²) in [6.07, 6.45) is 0. The summed E-state index contributed by atoms with van der Waals surface area (Å²) in [5.41, 5.74) is 0.914. The van der Waals surface area contributed by atoms with Crippen molar-refractivity contribution in [1.29, 1.82) is 0 Å². The lowest BCUT2D eigenvalue weighted by molar-refractivity contribution is -0.144. The molecule has 166 valence electrons. The molecule has 7 nitrogen and oxygen atoms in total. The van der Waals surface area contributed by atoms with Crippen LogP contribution in [0.5, 0.6) is 5.75 Å². The first-order valence-corrected chi connectivity index (χ1v) is 13.2. The Balaban J connectivity index is 1.70. The molecule has 0 aliphatic rings. The van der Waals surface area contributed by atoms with Gasteiger partial charge in [-0.05, 0) is 35.4 Å². The zero-order chi connectivity index (χ0) is 22.0. The van der Waals surface area contributed by atoms with E-state index in [0.29, 0.717) is 18.1 Å². The maximum atomic E-state index is 12.4. The lowest BCUT2D eigenvalue weighted by Crippen LogP contribution is -2.14. The Morgan fingerprint density at radius 1 is 0.967 bits per heavy atom. The molecule has 0 fully saturated rings. The van der Waals surface area contributed by atoms with Gasteiger partial charge in [0.05, 0.1) is 19.6 Å². The van der Waals surface area contributed by atoms with Crippen molar-refractivity contribution in [2.24, 2.45) is 0 Å². The summed E-state index contributed by atoms with van der Waals surface area (Å²) in [6.45, 7) is 2.40. The van der Waals surface area contributed by atoms with Gasteiger partial charge in [0, 0.05) is 25.7 Å². The lowest BCUT2D eigenvalue weighted by atomic mass is 9.98. The molecule has 0 saturated carbocycles. The van der Waals surface area contributed by atoms with Crippen molar-refractivity contribution in [3.8, 4) is 5.75 Å². The third-order valence-corrected chi connectivity index (χ3v) is 8.01. The summed E-state index contributed by atoms with van der Waals surface area (Å²) in [5.74, 6) is 1.45. The molecule has 30 heavy (non-hydrogen) atoms. The van der Waals surface area contributed by atoms with Gasteiger partial charge < -0.3 is 9.47 Å². The van der Waals surface area contributed by atoms with Gasteiger partial charge in [-0.3, -0.25) is 18.4 Å². The number of hydrogen-bond donors (Lipinski definition) is 0. The van der Waals surface area contributed by atoms with Crippen LogP contribution in [-0.2, 0) is 27.7 Å². The first kappa shape index (κ1) is 25.0. The summed E-state index contributed by atoms with van der Waals surface area (Å²) in [5, 5.41) is 2.11. The van der Waals surface area contributed by atoms with Gasteiger partial charge in [0.25, 0.3) is 0 Å². The molecule has 0 saturated heterocycles. The number of ether oxygens (including phenoxy) is 2. The highest BCUT2D eigenvalue weighted by Gasteiger charge is 2.22. The lowest BCUT2D eigenvalue weighted by Gasteiger charge is -2.13. The second-order valence-electron chi connectivity index (χ2n) is 6.15. The Bertz CT molecular complexity index is 869. The number of carbonyl (C=O) groups excluding carboxylic acids is 1. The topological polar surface area (TPSA) is 80.3 Å². The van der Waals surface area contributed by atoms with E-state index in [-0.39, 0.29) is 18.5 Å². The largest absolute Gasteiger partial charge is 0.497 e. The van der Waals surface area contributed by atoms with E-state index < -0.39 is 7.82 Å². The van der Waals surface area contributed by atoms with Gasteiger partial charge in [0.1, 0.15) is 12.4 Å². The summed E-state index contributed by atoms with van der Waals surface area (Å²) >= 11 is 0. The third kappa shape index (κ3) is 7.48. The first-order chi connectivity index (χ1) is 14.4. The van der Waals surface area contributed by atoms with Crippen LogP contribution in [0.3, 0.4) is 0 Å². The number of phosphoric ester groups is 1. The molecule has 10 heteroatoms. The van der Waals surface area contributed by atoms with Gasteiger partial charge in [0.2, 0.25) is 0 Å². The van der Waals surface area contributed by atoms with E-state index in [1.807, 2.05) is 43.3 Å². The van der Waals surface area contributed by atoms with Gasteiger partial charge in [0.15, 0.2) is 0 Å². The predicted molar refractivity (Wildman–Crippen MR) is 122 cm³/mol. The molecule has 2 rings (SSSR count). The minimum absolute atomic E-state index is 0.237. The molecule has 0 aliphatic carbocycles. The van der Waals surface area contributed by atoms with Crippen molar-refractivity contribution in [3.05, 3.63) is 42.0 Å². The highest BCUT2D eigenvalue weighted by atomic mass is 33.1. The summed E-state index contributed by atoms with van der Waals surface area (Å²) < 4.78 is 36.8. The van der Waals surface area contributed by atoms with E-state index in [2.05, 4.69) is 9.05 Å². The molecule has 0 amide bonds. The highest BCUT2D eigenvalue weighted by Crippen LogP contribution is 2.47. The molecule has 2 aromatic rings. The van der Waals surface area contributed by atoms with Crippen molar-refractivity contribution in [3.63, 3.8) is 0 Å². The van der Waals surface area contributed by atoms with E-state index in [0.717, 1.165) is 22.1 Å². The van der Waals surface area contributed by atoms with Gasteiger partial charge in [-0.25, -0.2) is 4.57 Å². The highest BCUT2D eigenvalue weighted by molar-refractivity contribution is 8.76. The van der Waals surface area contributed by atoms with E-state index in [1.54, 1.807) is 17.9 Å². The Hall–Kier alpha value is -1.22. The summed E-state index contributed by atoms with van der Waals surface area (Å²) in [7, 11) is 3.86. The zero-order valence-electron chi connectivity index (χ0n) is 17.5. The van der Waals surface area contributed by atoms with Crippen LogP contribution in [0.4, 0.5) is 0 Å². The van der Waals surface area contributed by atoms with Crippen LogP contribution in [-0.4, -0.2) is 52.0 Å². The second-order valence-corrected chi connectivity index (χ2v) is 10.7. The van der Waals surface area contributed by atoms with E-state index in [4.69, 9.17) is 14.0 Å². The Morgan fingerprint density at radius 3 is 2.27 bits per heavy atom. The molecule has 0 aliphatic heterocycles. The van der Waals surface area contributed by atoms with Gasteiger partial charge in [-0.2, -0.15) is 0 Å². The quantitative estimate of drug-likeness (QED) is 0.166. The molecule has 0 aromatic heterocycles. The van der Waals surface area contributed by atoms with Crippen LogP contribution >= 0.6 is 29.4 Å². The van der Waals surface area contributed by atoms with Crippen LogP contribution in [0.15, 0.2) is 36.4 Å². The Labute approximate surface area is 185 Å². The van der Waals surface area contributed by atoms with Crippen molar-refractivity contribution in [2.45, 2.75) is 12.8 Å². The van der Waals surface area contributed by atoms with Crippen LogP contribution in [0.25, 0.3) is 10.8 Å². The normalized spacial score (nSPS) is 12.7. The fraction of sp³-hybridized carbons (Fsp3) is 0.450. The molecule has 0 bridgehead atoms. The molecule has 0 N–H and O–H groups in total. The SMILES string of the molecule is COc1ccc2cc(C(C)C(=O)OCCSSCCOP(=O)(OC)OC)ccc2c1. The molecule has 1 atom stereocenters. The number of benzene rings is 2. The number of phosphoric acid groups is 1. The van der Waals surface area contributed by atoms with E-state index in [1.165, 1.54) is 25.0 Å². The van der Waals surface area contributed by atoms with E-state index in [9.17, 15) is 9.36 Å². The number of methoxy groups -OCH3 is 1. The van der Waals surface area contributed by atoms with Crippen molar-refractivity contribution in [2.75, 3.05) is 46.0 Å². The number of fused-ring (bicyclic) bond motifs is 1.